The second-order valence-corrected chi connectivity index (χ2v) is 2.91. The molecule has 11 heavy (non-hydrogen) atoms. The summed E-state index contributed by atoms with van der Waals surface area (Å²) in [7, 11) is 1.33. The monoisotopic (exact) mass is 154 g/mol. The molecule has 0 atom stereocenters. The largest absolute Gasteiger partial charge is 0.464 e. The van der Waals surface area contributed by atoms with Crippen LogP contribution < -0.4 is 0 Å². The number of rotatable bonds is 1. The Bertz CT molecular complexity index is 241. The summed E-state index contributed by atoms with van der Waals surface area (Å²) in [6, 6.07) is 0. The number of methoxy groups -OCH3 is 1. The van der Waals surface area contributed by atoms with Crippen LogP contribution in [0.3, 0.4) is 0 Å². The highest BCUT2D eigenvalue weighted by atomic mass is 16.5. The van der Waals surface area contributed by atoms with Crippen molar-refractivity contribution < 1.29 is 9.53 Å². The van der Waals surface area contributed by atoms with Gasteiger partial charge in [-0.1, -0.05) is 0 Å². The molecule has 0 amide bonds. The first-order valence-corrected chi connectivity index (χ1v) is 3.29. The third kappa shape index (κ3) is 1.29. The first-order chi connectivity index (χ1) is 5.08. The first-order valence-electron chi connectivity index (χ1n) is 3.29. The molecule has 1 heterocycles. The van der Waals surface area contributed by atoms with E-state index in [4.69, 9.17) is 0 Å². The van der Waals surface area contributed by atoms with Crippen molar-refractivity contribution >= 4 is 17.9 Å². The van der Waals surface area contributed by atoms with Gasteiger partial charge in [-0.05, 0) is 13.8 Å². The predicted molar refractivity (Wildman–Crippen MR) is 41.7 cm³/mol. The minimum Gasteiger partial charge on any atom is -0.464 e. The Kier molecular flexibility index (Phi) is 1.76. The predicted octanol–water partition coefficient (Wildman–Crippen LogP) is 0.626. The van der Waals surface area contributed by atoms with Gasteiger partial charge in [-0.15, -0.1) is 5.10 Å². The number of esters is 1. The Balaban J connectivity index is 2.85. The van der Waals surface area contributed by atoms with Crippen molar-refractivity contribution in [1.29, 1.82) is 0 Å². The highest BCUT2D eigenvalue weighted by Crippen LogP contribution is 2.20. The molecule has 0 aromatic rings. The van der Waals surface area contributed by atoms with Gasteiger partial charge in [0, 0.05) is 6.21 Å². The van der Waals surface area contributed by atoms with Gasteiger partial charge < -0.3 is 4.74 Å². The molecule has 0 spiro atoms. The molecule has 0 aliphatic carbocycles. The van der Waals surface area contributed by atoms with Gasteiger partial charge >= 0.3 is 5.97 Å². The van der Waals surface area contributed by atoms with Gasteiger partial charge in [0.2, 0.25) is 0 Å². The topological polar surface area (TPSA) is 51.0 Å². The highest BCUT2D eigenvalue weighted by Gasteiger charge is 2.33. The average molecular weight is 154 g/mol. The van der Waals surface area contributed by atoms with Crippen LogP contribution in [0.2, 0.25) is 0 Å². The van der Waals surface area contributed by atoms with Crippen molar-refractivity contribution in [2.75, 3.05) is 7.11 Å². The molecule has 0 aromatic carbocycles. The maximum absolute atomic E-state index is 11.0. The number of nitrogens with zero attached hydrogens (tertiary/aromatic N) is 2. The summed E-state index contributed by atoms with van der Waals surface area (Å²) in [6.45, 7) is 3.72. The summed E-state index contributed by atoms with van der Waals surface area (Å²) in [5.74, 6) is -0.410. The third-order valence-corrected chi connectivity index (χ3v) is 1.53. The quantitative estimate of drug-likeness (QED) is 0.520. The zero-order chi connectivity index (χ0) is 8.48. The summed E-state index contributed by atoms with van der Waals surface area (Å²) >= 11 is 0. The summed E-state index contributed by atoms with van der Waals surface area (Å²) < 4.78 is 4.52. The van der Waals surface area contributed by atoms with Crippen LogP contribution in [0.4, 0.5) is 0 Å². The standard InChI is InChI=1S/C7H10N2O2/c1-7(2)4-8-9-5(7)6(10)11-3/h4H,1-3H3. The normalized spacial score (nSPS) is 19.7. The van der Waals surface area contributed by atoms with Crippen LogP contribution in [0.1, 0.15) is 13.8 Å². The van der Waals surface area contributed by atoms with Gasteiger partial charge in [0.1, 0.15) is 0 Å². The van der Waals surface area contributed by atoms with E-state index in [1.807, 2.05) is 13.8 Å². The fraction of sp³-hybridized carbons (Fsp3) is 0.571. The number of hydrogen-bond acceptors (Lipinski definition) is 4. The molecule has 1 aliphatic heterocycles. The van der Waals surface area contributed by atoms with Gasteiger partial charge in [-0.25, -0.2) is 4.79 Å². The molecule has 0 N–H and O–H groups in total. The van der Waals surface area contributed by atoms with E-state index in [2.05, 4.69) is 14.9 Å². The molecule has 1 rings (SSSR count). The van der Waals surface area contributed by atoms with Crippen molar-refractivity contribution in [3.05, 3.63) is 0 Å². The van der Waals surface area contributed by atoms with Crippen molar-refractivity contribution in [1.82, 2.24) is 0 Å². The number of ether oxygens (including phenoxy) is 1. The molecule has 0 unspecified atom stereocenters. The SMILES string of the molecule is COC(=O)C1=NN=CC1(C)C. The lowest BCUT2D eigenvalue weighted by Gasteiger charge is -2.13. The summed E-state index contributed by atoms with van der Waals surface area (Å²) in [5, 5.41) is 7.32. The highest BCUT2D eigenvalue weighted by molar-refractivity contribution is 6.42. The lowest BCUT2D eigenvalue weighted by molar-refractivity contribution is -0.133. The van der Waals surface area contributed by atoms with Crippen LogP contribution in [0.25, 0.3) is 0 Å². The molecule has 0 radical (unpaired) electrons. The van der Waals surface area contributed by atoms with E-state index in [-0.39, 0.29) is 5.41 Å². The van der Waals surface area contributed by atoms with Crippen LogP contribution in [0.15, 0.2) is 10.2 Å². The molecule has 4 heteroatoms. The van der Waals surface area contributed by atoms with Crippen LogP contribution in [-0.4, -0.2) is 25.0 Å². The van der Waals surface area contributed by atoms with Crippen molar-refractivity contribution in [2.24, 2.45) is 15.6 Å². The molecular weight excluding hydrogens is 144 g/mol. The Morgan fingerprint density at radius 3 is 2.64 bits per heavy atom. The average Bonchev–Trinajstić information content (AvgIpc) is 2.28. The van der Waals surface area contributed by atoms with Gasteiger partial charge in [0.05, 0.1) is 12.5 Å². The second-order valence-electron chi connectivity index (χ2n) is 2.91. The third-order valence-electron chi connectivity index (χ3n) is 1.53. The molecule has 4 nitrogen and oxygen atoms in total. The van der Waals surface area contributed by atoms with Crippen LogP contribution in [0.5, 0.6) is 0 Å². The van der Waals surface area contributed by atoms with E-state index in [0.29, 0.717) is 5.71 Å². The van der Waals surface area contributed by atoms with E-state index in [9.17, 15) is 4.79 Å². The van der Waals surface area contributed by atoms with Gasteiger partial charge in [0.15, 0.2) is 5.71 Å². The van der Waals surface area contributed by atoms with Gasteiger partial charge in [-0.3, -0.25) is 0 Å². The summed E-state index contributed by atoms with van der Waals surface area (Å²) in [6.07, 6.45) is 1.62. The smallest absolute Gasteiger partial charge is 0.355 e. The maximum atomic E-state index is 11.0. The zero-order valence-electron chi connectivity index (χ0n) is 6.79. The van der Waals surface area contributed by atoms with Crippen LogP contribution >= 0.6 is 0 Å². The van der Waals surface area contributed by atoms with E-state index < -0.39 is 5.97 Å². The second kappa shape index (κ2) is 2.45. The fourth-order valence-electron chi connectivity index (χ4n) is 0.821. The molecule has 60 valence electrons. The van der Waals surface area contributed by atoms with E-state index in [1.165, 1.54) is 7.11 Å². The number of carbonyl (C=O) groups excluding carboxylic acids is 1. The molecule has 0 fully saturated rings. The molecule has 0 saturated heterocycles. The minimum atomic E-state index is -0.410. The molecule has 0 saturated carbocycles. The Morgan fingerprint density at radius 2 is 2.27 bits per heavy atom. The zero-order valence-corrected chi connectivity index (χ0v) is 6.79. The van der Waals surface area contributed by atoms with Crippen molar-refractivity contribution in [3.8, 4) is 0 Å². The summed E-state index contributed by atoms with van der Waals surface area (Å²) in [5.41, 5.74) is -0.0207. The van der Waals surface area contributed by atoms with Gasteiger partial charge in [-0.2, -0.15) is 5.10 Å². The van der Waals surface area contributed by atoms with Crippen molar-refractivity contribution in [2.45, 2.75) is 13.8 Å². The Morgan fingerprint density at radius 1 is 1.64 bits per heavy atom. The summed E-state index contributed by atoms with van der Waals surface area (Å²) in [4.78, 5) is 11.0. The maximum Gasteiger partial charge on any atom is 0.355 e. The van der Waals surface area contributed by atoms with E-state index in [1.54, 1.807) is 6.21 Å². The van der Waals surface area contributed by atoms with E-state index in [0.717, 1.165) is 0 Å². The van der Waals surface area contributed by atoms with E-state index >= 15 is 0 Å². The lowest BCUT2D eigenvalue weighted by Crippen LogP contribution is -2.30. The lowest BCUT2D eigenvalue weighted by atomic mass is 9.90. The van der Waals surface area contributed by atoms with Crippen molar-refractivity contribution in [3.63, 3.8) is 0 Å². The number of hydrogen-bond donors (Lipinski definition) is 0. The van der Waals surface area contributed by atoms with Crippen LogP contribution in [-0.2, 0) is 9.53 Å². The first kappa shape index (κ1) is 7.91. The Hall–Kier alpha value is -1.19. The fourth-order valence-corrected chi connectivity index (χ4v) is 0.821. The molecule has 0 aromatic heterocycles. The number of carbonyl (C=O) groups is 1. The minimum absolute atomic E-state index is 0.361. The van der Waals surface area contributed by atoms with Gasteiger partial charge in [0.25, 0.3) is 0 Å². The molecule has 1 aliphatic rings. The van der Waals surface area contributed by atoms with Crippen LogP contribution in [0, 0.1) is 5.41 Å². The molecule has 0 bridgehead atoms. The Labute approximate surface area is 65.0 Å². The molecular formula is C7H10N2O2.